The number of Topliss-reactive ketones (excluding diaryl/α,β-unsaturated/α-hetero) is 1. The average molecular weight is 934 g/mol. The number of carbonyl (C=O) groups excluding carboxylic acids is 1. The zero-order chi connectivity index (χ0) is 47.5. The fourth-order valence-electron chi connectivity index (χ4n) is 18.0. The number of hydrogen-bond acceptors (Lipinski definition) is 13. The average Bonchev–Trinajstić information content (AvgIpc) is 3.65. The van der Waals surface area contributed by atoms with Gasteiger partial charge in [0.1, 0.15) is 5.60 Å². The Morgan fingerprint density at radius 2 is 1.70 bits per heavy atom. The minimum atomic E-state index is -1.89. The van der Waals surface area contributed by atoms with Crippen LogP contribution >= 0.6 is 0 Å². The van der Waals surface area contributed by atoms with Gasteiger partial charge in [-0.15, -0.1) is 0 Å². The van der Waals surface area contributed by atoms with Gasteiger partial charge in [0, 0.05) is 41.8 Å². The van der Waals surface area contributed by atoms with Crippen LogP contribution in [0.5, 0.6) is 0 Å². The number of hydrogen-bond donors (Lipinski definition) is 11. The lowest BCUT2D eigenvalue weighted by atomic mass is 9.37. The molecular weight excluding hydrogens is 851 g/mol. The van der Waals surface area contributed by atoms with Crippen LogP contribution in [0.1, 0.15) is 149 Å². The molecule has 6 saturated carbocycles. The number of aliphatic hydroxyl groups is 8. The van der Waals surface area contributed by atoms with E-state index in [9.17, 15) is 40.9 Å². The second kappa shape index (κ2) is 17.5. The standard InChI is InChI=1S/C54H83N3O10/c1-4-9-31-13-16-35-40(17-14-31)67-48-43(35)37(59)12-8-21-54(48,66)49(3,63)41-20-23-53(65)44-45(57-27-30(2)58)46(62)36-24-38(60)39(61)26-50(36)25-32(33-15-18-42(55)56-28-33)19-22-51(64,47(44)50)29-52(41,53)34-10-6-5-7-11-34/h15,18-19,22,28,30-32,34-43,47-48,56-61,63-66H,4-14,16-17,20-21,23-27,29,55H2,1-3H3/t30-,31+,32-,35+,36-,37-,38+,39-,40+,41+,42?,43+,47-,48+,49+,50-,51+,52-,53+,54+/m0/s1. The number of nitrogens with two attached hydrogens (primary N) is 1. The van der Waals surface area contributed by atoms with Gasteiger partial charge in [-0.2, -0.15) is 0 Å². The van der Waals surface area contributed by atoms with Gasteiger partial charge in [-0.05, 0) is 150 Å². The topological polar surface area (TPSA) is 238 Å². The van der Waals surface area contributed by atoms with E-state index in [2.05, 4.69) is 17.6 Å². The highest BCUT2D eigenvalue weighted by atomic mass is 16.5. The second-order valence-electron chi connectivity index (χ2n) is 24.2. The van der Waals surface area contributed by atoms with Crippen LogP contribution in [0, 0.1) is 58.2 Å². The number of nitrogens with one attached hydrogen (secondary N) is 2. The van der Waals surface area contributed by atoms with Crippen LogP contribution in [0.15, 0.2) is 47.3 Å². The number of ether oxygens (including phenoxy) is 1. The maximum Gasteiger partial charge on any atom is 0.182 e. The fourth-order valence-corrected chi connectivity index (χ4v) is 18.0. The number of ketones is 1. The van der Waals surface area contributed by atoms with Crippen LogP contribution < -0.4 is 16.4 Å². The molecule has 8 aliphatic carbocycles. The Morgan fingerprint density at radius 3 is 2.42 bits per heavy atom. The van der Waals surface area contributed by atoms with E-state index in [4.69, 9.17) is 10.5 Å². The summed E-state index contributed by atoms with van der Waals surface area (Å²) >= 11 is 0. The van der Waals surface area contributed by atoms with Crippen molar-refractivity contribution in [2.45, 2.75) is 214 Å². The van der Waals surface area contributed by atoms with Crippen molar-refractivity contribution in [3.8, 4) is 0 Å². The van der Waals surface area contributed by atoms with Gasteiger partial charge >= 0.3 is 0 Å². The van der Waals surface area contributed by atoms with E-state index in [1.54, 1.807) is 13.8 Å². The normalized spacial score (nSPS) is 49.9. The lowest BCUT2D eigenvalue weighted by molar-refractivity contribution is -0.276. The highest BCUT2D eigenvalue weighted by Gasteiger charge is 2.80. The molecular formula is C54H83N3O10. The first-order valence-corrected chi connectivity index (χ1v) is 26.7. The molecule has 374 valence electrons. The predicted octanol–water partition coefficient (Wildman–Crippen LogP) is 4.29. The van der Waals surface area contributed by atoms with E-state index in [-0.39, 0.29) is 86.1 Å². The highest BCUT2D eigenvalue weighted by molar-refractivity contribution is 6.00. The third-order valence-electron chi connectivity index (χ3n) is 20.7. The Hall–Kier alpha value is -2.17. The number of rotatable bonds is 9. The molecule has 0 aromatic carbocycles. The SMILES string of the molecule is CCC[C@@H]1CC[C@H]2[C@H]3[C@@H](O[C@@H]2CC1)[C@@](O)([C@](C)(O)[C@H]1CC[C@@]2(O)C4=C(NC[C@H](C)O)C(=O)[C@@H]5C[C@@H](O)[C@@H](O)C[C@@]56C[C@@H](C5=CNC(N)C=C5)C=C[C@@](O)(C[C@]12C1CCCCC1)[C@@H]46)CCC[C@@H]3O. The quantitative estimate of drug-likeness (QED) is 0.145. The Morgan fingerprint density at radius 1 is 0.940 bits per heavy atom. The summed E-state index contributed by atoms with van der Waals surface area (Å²) in [7, 11) is 0. The van der Waals surface area contributed by atoms with Crippen LogP contribution in [-0.4, -0.2) is 118 Å². The van der Waals surface area contributed by atoms with Gasteiger partial charge in [0.2, 0.25) is 0 Å². The molecule has 13 heteroatoms. The molecule has 10 aliphatic rings. The van der Waals surface area contributed by atoms with Gasteiger partial charge in [-0.1, -0.05) is 63.7 Å². The van der Waals surface area contributed by atoms with E-state index in [0.29, 0.717) is 37.2 Å². The fraction of sp³-hybridized carbons (Fsp3) is 0.833. The summed E-state index contributed by atoms with van der Waals surface area (Å²) in [5, 5.41) is 109. The molecule has 0 radical (unpaired) electrons. The van der Waals surface area contributed by atoms with Gasteiger partial charge < -0.3 is 62.0 Å². The van der Waals surface area contributed by atoms with Gasteiger partial charge in [-0.25, -0.2) is 0 Å². The summed E-state index contributed by atoms with van der Waals surface area (Å²) in [4.78, 5) is 15.7. The van der Waals surface area contributed by atoms with Gasteiger partial charge in [0.05, 0.1) is 65.3 Å². The van der Waals surface area contributed by atoms with Crippen molar-refractivity contribution in [1.29, 1.82) is 0 Å². The first-order valence-electron chi connectivity index (χ1n) is 26.7. The zero-order valence-electron chi connectivity index (χ0n) is 40.4. The van der Waals surface area contributed by atoms with Crippen molar-refractivity contribution in [1.82, 2.24) is 10.6 Å². The predicted molar refractivity (Wildman–Crippen MR) is 252 cm³/mol. The van der Waals surface area contributed by atoms with Gasteiger partial charge in [-0.3, -0.25) is 4.79 Å². The van der Waals surface area contributed by atoms with Gasteiger partial charge in [0.25, 0.3) is 0 Å². The second-order valence-corrected chi connectivity index (χ2v) is 24.2. The number of allylic oxidation sites excluding steroid dienone is 4. The van der Waals surface area contributed by atoms with Crippen molar-refractivity contribution in [3.63, 3.8) is 0 Å². The first-order chi connectivity index (χ1) is 31.8. The molecule has 0 amide bonds. The van der Waals surface area contributed by atoms with Crippen LogP contribution in [0.2, 0.25) is 0 Å². The van der Waals surface area contributed by atoms with Crippen molar-refractivity contribution in [2.75, 3.05) is 6.54 Å². The van der Waals surface area contributed by atoms with Crippen LogP contribution in [0.3, 0.4) is 0 Å². The molecule has 0 aromatic heterocycles. The molecule has 1 spiro atoms. The number of carbonyl (C=O) groups is 1. The molecule has 0 aromatic rings. The van der Waals surface area contributed by atoms with Crippen LogP contribution in [-0.2, 0) is 9.53 Å². The van der Waals surface area contributed by atoms with Gasteiger partial charge in [0.15, 0.2) is 5.78 Å². The van der Waals surface area contributed by atoms with E-state index < -0.39 is 81.5 Å². The molecule has 1 unspecified atom stereocenters. The van der Waals surface area contributed by atoms with Crippen molar-refractivity contribution in [2.24, 2.45) is 63.9 Å². The zero-order valence-corrected chi connectivity index (χ0v) is 40.4. The first kappa shape index (κ1) is 48.5. The molecule has 10 rings (SSSR count). The molecule has 12 N–H and O–H groups in total. The summed E-state index contributed by atoms with van der Waals surface area (Å²) in [6, 6.07) is 0. The smallest absolute Gasteiger partial charge is 0.182 e. The Labute approximate surface area is 397 Å². The maximum absolute atomic E-state index is 15.7. The van der Waals surface area contributed by atoms with E-state index in [1.807, 2.05) is 30.5 Å². The van der Waals surface area contributed by atoms with Crippen molar-refractivity contribution >= 4 is 5.78 Å². The summed E-state index contributed by atoms with van der Waals surface area (Å²) in [6.45, 7) is 5.60. The third kappa shape index (κ3) is 7.30. The summed E-state index contributed by atoms with van der Waals surface area (Å²) in [5.41, 5.74) is -1.97. The molecule has 20 atom stereocenters. The molecule has 2 heterocycles. The Balaban J connectivity index is 1.16. The lowest BCUT2D eigenvalue weighted by Gasteiger charge is -2.69. The molecule has 0 bridgehead atoms. The Bertz CT molecular complexity index is 2020. The summed E-state index contributed by atoms with van der Waals surface area (Å²) in [5.74, 6) is -3.09. The molecule has 13 nitrogen and oxygen atoms in total. The molecule has 2 aliphatic heterocycles. The Kier molecular flexibility index (Phi) is 12.7. The van der Waals surface area contributed by atoms with E-state index in [0.717, 1.165) is 76.2 Å². The minimum Gasteiger partial charge on any atom is -0.393 e. The van der Waals surface area contributed by atoms with Crippen molar-refractivity contribution in [3.05, 3.63) is 47.3 Å². The summed E-state index contributed by atoms with van der Waals surface area (Å²) < 4.78 is 7.11. The largest absolute Gasteiger partial charge is 0.393 e. The van der Waals surface area contributed by atoms with Crippen LogP contribution in [0.25, 0.3) is 0 Å². The molecule has 67 heavy (non-hydrogen) atoms. The minimum absolute atomic E-state index is 0.000349. The maximum atomic E-state index is 15.7. The molecule has 1 saturated heterocycles. The van der Waals surface area contributed by atoms with Crippen molar-refractivity contribution < 1.29 is 50.4 Å². The van der Waals surface area contributed by atoms with E-state index >= 15 is 4.79 Å². The highest BCUT2D eigenvalue weighted by Crippen LogP contribution is 2.77. The molecule has 7 fully saturated rings. The van der Waals surface area contributed by atoms with Crippen LogP contribution in [0.4, 0.5) is 0 Å². The third-order valence-corrected chi connectivity index (χ3v) is 20.7. The number of aliphatic hydroxyl groups excluding tert-OH is 4. The number of dihydropyridines is 1. The van der Waals surface area contributed by atoms with E-state index in [1.165, 1.54) is 0 Å². The number of fused-ring (bicyclic) bond motifs is 5. The monoisotopic (exact) mass is 934 g/mol. The lowest BCUT2D eigenvalue weighted by Crippen LogP contribution is -2.74. The summed E-state index contributed by atoms with van der Waals surface area (Å²) in [6.07, 6.45) is 16.7.